The molecule has 3 aromatic carbocycles. The number of hydrogen-bond donors (Lipinski definition) is 1. The summed E-state index contributed by atoms with van der Waals surface area (Å²) in [6.07, 6.45) is 6.57. The molecule has 0 spiro atoms. The lowest BCUT2D eigenvalue weighted by Gasteiger charge is -2.26. The molecule has 2 aliphatic rings. The lowest BCUT2D eigenvalue weighted by molar-refractivity contribution is -0.139. The highest BCUT2D eigenvalue weighted by Crippen LogP contribution is 2.43. The minimum Gasteiger partial charge on any atom is -0.507 e. The Labute approximate surface area is 250 Å². The maximum atomic E-state index is 13.6. The van der Waals surface area contributed by atoms with Gasteiger partial charge in [-0.1, -0.05) is 36.4 Å². The van der Waals surface area contributed by atoms with Crippen LogP contribution in [0, 0.1) is 0 Å². The number of amides is 1. The first-order chi connectivity index (χ1) is 20.9. The Balaban J connectivity index is 1.36. The van der Waals surface area contributed by atoms with Crippen molar-refractivity contribution in [3.63, 3.8) is 0 Å². The van der Waals surface area contributed by atoms with Crippen LogP contribution in [-0.2, 0) is 29.2 Å². The molecule has 9 heteroatoms. The number of aryl methyl sites for hydroxylation is 1. The highest BCUT2D eigenvalue weighted by atomic mass is 16.5. The summed E-state index contributed by atoms with van der Waals surface area (Å²) in [7, 11) is 1.55. The molecule has 2 aliphatic heterocycles. The third-order valence-corrected chi connectivity index (χ3v) is 7.82. The summed E-state index contributed by atoms with van der Waals surface area (Å²) in [5.41, 5.74) is 3.09. The van der Waals surface area contributed by atoms with E-state index in [2.05, 4.69) is 4.98 Å². The van der Waals surface area contributed by atoms with E-state index in [0.29, 0.717) is 55.2 Å². The van der Waals surface area contributed by atoms with Crippen LogP contribution in [0.15, 0.2) is 91.0 Å². The first-order valence-corrected chi connectivity index (χ1v) is 14.3. The van der Waals surface area contributed by atoms with Crippen molar-refractivity contribution in [2.24, 2.45) is 0 Å². The first-order valence-electron chi connectivity index (χ1n) is 14.3. The number of likely N-dealkylation sites (tertiary alicyclic amines) is 1. The van der Waals surface area contributed by atoms with Gasteiger partial charge < -0.3 is 28.8 Å². The van der Waals surface area contributed by atoms with Gasteiger partial charge in [0.1, 0.15) is 24.2 Å². The zero-order valence-corrected chi connectivity index (χ0v) is 24.1. The van der Waals surface area contributed by atoms with Crippen LogP contribution in [-0.4, -0.2) is 51.0 Å². The molecule has 0 aliphatic carbocycles. The standard InChI is InChI=1S/C34H33N3O6/c1-22-17-26-18-25(10-11-27(26)43-22)32(38)30-31(37(34(40)33(30)39)15-6-14-36-16-13-35-21-36)24-9-12-28(29(19-24)41-2)42-20-23-7-4-3-5-8-23/h3-5,7-13,16,18-19,21-22,31,38H,6,14-15,17,20H2,1-2H3. The maximum Gasteiger partial charge on any atom is 0.295 e. The summed E-state index contributed by atoms with van der Waals surface area (Å²) >= 11 is 0. The first kappa shape index (κ1) is 28.1. The van der Waals surface area contributed by atoms with Gasteiger partial charge in [-0.25, -0.2) is 4.98 Å². The van der Waals surface area contributed by atoms with E-state index in [1.165, 1.54) is 4.90 Å². The number of ether oxygens (including phenoxy) is 3. The molecule has 0 bridgehead atoms. The van der Waals surface area contributed by atoms with E-state index in [4.69, 9.17) is 14.2 Å². The van der Waals surface area contributed by atoms with E-state index in [-0.39, 0.29) is 17.4 Å². The summed E-state index contributed by atoms with van der Waals surface area (Å²) in [5, 5.41) is 11.6. The van der Waals surface area contributed by atoms with Gasteiger partial charge in [-0.05, 0) is 60.4 Å². The molecule has 3 heterocycles. The van der Waals surface area contributed by atoms with Crippen molar-refractivity contribution >= 4 is 17.4 Å². The van der Waals surface area contributed by atoms with Gasteiger partial charge in [-0.3, -0.25) is 9.59 Å². The highest BCUT2D eigenvalue weighted by Gasteiger charge is 2.46. The molecule has 9 nitrogen and oxygen atoms in total. The van der Waals surface area contributed by atoms with Crippen molar-refractivity contribution in [2.75, 3.05) is 13.7 Å². The number of rotatable bonds is 10. The number of carbonyl (C=O) groups excluding carboxylic acids is 2. The van der Waals surface area contributed by atoms with Gasteiger partial charge >= 0.3 is 0 Å². The molecule has 2 unspecified atom stereocenters. The smallest absolute Gasteiger partial charge is 0.295 e. The van der Waals surface area contributed by atoms with Crippen LogP contribution < -0.4 is 14.2 Å². The number of Topliss-reactive ketones (excluding diaryl/α,β-unsaturated/α-hetero) is 1. The number of carbonyl (C=O) groups is 2. The van der Waals surface area contributed by atoms with Crippen molar-refractivity contribution in [1.82, 2.24) is 14.5 Å². The molecular formula is C34H33N3O6. The fraction of sp³-hybridized carbons (Fsp3) is 0.265. The van der Waals surface area contributed by atoms with E-state index in [1.54, 1.807) is 43.9 Å². The second-order valence-electron chi connectivity index (χ2n) is 10.8. The normalized spacial score (nSPS) is 18.9. The summed E-state index contributed by atoms with van der Waals surface area (Å²) < 4.78 is 19.5. The van der Waals surface area contributed by atoms with Gasteiger partial charge in [0.05, 0.1) is 25.1 Å². The van der Waals surface area contributed by atoms with Crippen LogP contribution in [0.1, 0.15) is 41.6 Å². The molecule has 4 aromatic rings. The molecule has 1 fully saturated rings. The Morgan fingerprint density at radius 3 is 2.65 bits per heavy atom. The molecule has 43 heavy (non-hydrogen) atoms. The molecule has 220 valence electrons. The number of hydrogen-bond acceptors (Lipinski definition) is 7. The number of imidazole rings is 1. The average Bonchev–Trinajstić information content (AvgIpc) is 3.74. The largest absolute Gasteiger partial charge is 0.507 e. The topological polar surface area (TPSA) is 103 Å². The molecule has 1 saturated heterocycles. The molecule has 1 N–H and O–H groups in total. The second kappa shape index (κ2) is 12.1. The highest BCUT2D eigenvalue weighted by molar-refractivity contribution is 6.46. The zero-order chi connectivity index (χ0) is 29.9. The van der Waals surface area contributed by atoms with Gasteiger partial charge in [0, 0.05) is 37.5 Å². The maximum absolute atomic E-state index is 13.6. The number of nitrogens with zero attached hydrogens (tertiary/aromatic N) is 3. The fourth-order valence-corrected chi connectivity index (χ4v) is 5.73. The number of aliphatic hydroxyl groups excluding tert-OH is 1. The van der Waals surface area contributed by atoms with Crippen LogP contribution >= 0.6 is 0 Å². The lowest BCUT2D eigenvalue weighted by atomic mass is 9.94. The quantitative estimate of drug-likeness (QED) is 0.154. The lowest BCUT2D eigenvalue weighted by Crippen LogP contribution is -2.31. The van der Waals surface area contributed by atoms with Crippen LogP contribution in [0.4, 0.5) is 0 Å². The van der Waals surface area contributed by atoms with E-state index >= 15 is 0 Å². The van der Waals surface area contributed by atoms with Crippen molar-refractivity contribution in [2.45, 2.75) is 45.1 Å². The van der Waals surface area contributed by atoms with Crippen molar-refractivity contribution in [3.8, 4) is 17.2 Å². The average molecular weight is 580 g/mol. The summed E-state index contributed by atoms with van der Waals surface area (Å²) in [5.74, 6) is 0.154. The van der Waals surface area contributed by atoms with Crippen LogP contribution in [0.3, 0.4) is 0 Å². The second-order valence-corrected chi connectivity index (χ2v) is 10.8. The predicted octanol–water partition coefficient (Wildman–Crippen LogP) is 5.31. The van der Waals surface area contributed by atoms with E-state index in [9.17, 15) is 14.7 Å². The summed E-state index contributed by atoms with van der Waals surface area (Å²) in [4.78, 5) is 32.6. The van der Waals surface area contributed by atoms with Crippen LogP contribution in [0.5, 0.6) is 17.2 Å². The van der Waals surface area contributed by atoms with Crippen molar-refractivity contribution in [1.29, 1.82) is 0 Å². The SMILES string of the molecule is COc1cc(C2C(=C(O)c3ccc4c(c3)CC(C)O4)C(=O)C(=O)N2CCCn2ccnc2)ccc1OCc1ccccc1. The molecule has 1 aromatic heterocycles. The van der Waals surface area contributed by atoms with Gasteiger partial charge in [-0.15, -0.1) is 0 Å². The third-order valence-electron chi connectivity index (χ3n) is 7.82. The number of benzene rings is 3. The van der Waals surface area contributed by atoms with Crippen LogP contribution in [0.25, 0.3) is 5.76 Å². The van der Waals surface area contributed by atoms with E-state index < -0.39 is 17.7 Å². The molecule has 0 saturated carbocycles. The summed E-state index contributed by atoms with van der Waals surface area (Å²) in [6, 6.07) is 19.7. The zero-order valence-electron chi connectivity index (χ0n) is 24.1. The minimum absolute atomic E-state index is 0.0311. The van der Waals surface area contributed by atoms with Crippen molar-refractivity contribution < 1.29 is 28.9 Å². The number of aromatic nitrogens is 2. The Morgan fingerprint density at radius 1 is 1.05 bits per heavy atom. The Kier molecular flexibility index (Phi) is 7.87. The Hall–Kier alpha value is -5.05. The molecule has 6 rings (SSSR count). The van der Waals surface area contributed by atoms with Crippen molar-refractivity contribution in [3.05, 3.63) is 113 Å². The molecule has 2 atom stereocenters. The Morgan fingerprint density at radius 2 is 1.88 bits per heavy atom. The van der Waals surface area contributed by atoms with Gasteiger partial charge in [0.2, 0.25) is 0 Å². The predicted molar refractivity (Wildman–Crippen MR) is 160 cm³/mol. The van der Waals surface area contributed by atoms with E-state index in [1.807, 2.05) is 60.2 Å². The number of aliphatic hydroxyl groups is 1. The van der Waals surface area contributed by atoms with Gasteiger partial charge in [0.25, 0.3) is 11.7 Å². The fourth-order valence-electron chi connectivity index (χ4n) is 5.73. The summed E-state index contributed by atoms with van der Waals surface area (Å²) in [6.45, 7) is 3.25. The Bertz CT molecular complexity index is 1660. The van der Waals surface area contributed by atoms with Gasteiger partial charge in [-0.2, -0.15) is 0 Å². The third kappa shape index (κ3) is 5.70. The molecule has 1 amide bonds. The monoisotopic (exact) mass is 579 g/mol. The van der Waals surface area contributed by atoms with Gasteiger partial charge in [0.15, 0.2) is 11.5 Å². The number of ketones is 1. The van der Waals surface area contributed by atoms with Crippen LogP contribution in [0.2, 0.25) is 0 Å². The number of fused-ring (bicyclic) bond motifs is 1. The number of methoxy groups -OCH3 is 1. The van der Waals surface area contributed by atoms with E-state index in [0.717, 1.165) is 16.9 Å². The molecular weight excluding hydrogens is 546 g/mol. The minimum atomic E-state index is -0.816. The molecule has 0 radical (unpaired) electrons.